The molecule has 2 fully saturated rings. The van der Waals surface area contributed by atoms with Gasteiger partial charge in [0.05, 0.1) is 11.6 Å². The Bertz CT molecular complexity index is 906. The molecular weight excluding hydrogens is 354 g/mol. The second-order valence-electron chi connectivity index (χ2n) is 7.53. The second kappa shape index (κ2) is 8.00. The lowest BCUT2D eigenvalue weighted by atomic mass is 10.1. The van der Waals surface area contributed by atoms with Gasteiger partial charge in [0, 0.05) is 44.4 Å². The summed E-state index contributed by atoms with van der Waals surface area (Å²) in [5.41, 5.74) is 0.867. The van der Waals surface area contributed by atoms with Crippen LogP contribution in [0.25, 0.3) is 10.8 Å². The SMILES string of the molecule is O=C(NCCCN1CCCC1=O)C1CC(=O)N(c2cccc3ccccc23)C1. The lowest BCUT2D eigenvalue weighted by molar-refractivity contribution is -0.127. The standard InChI is InChI=1S/C22H25N3O3/c26-20-10-4-12-24(20)13-5-11-23-22(28)17-14-21(27)25(15-17)19-9-3-7-16-6-1-2-8-18(16)19/h1-3,6-9,17H,4-5,10-15H2,(H,23,28). The molecule has 2 heterocycles. The Hall–Kier alpha value is -2.89. The van der Waals surface area contributed by atoms with Gasteiger partial charge in [-0.3, -0.25) is 14.4 Å². The summed E-state index contributed by atoms with van der Waals surface area (Å²) in [6.45, 7) is 2.44. The third kappa shape index (κ3) is 3.72. The zero-order chi connectivity index (χ0) is 19.5. The minimum absolute atomic E-state index is 0.0147. The van der Waals surface area contributed by atoms with Crippen LogP contribution in [-0.2, 0) is 14.4 Å². The Morgan fingerprint density at radius 1 is 1.07 bits per heavy atom. The minimum Gasteiger partial charge on any atom is -0.356 e. The van der Waals surface area contributed by atoms with E-state index in [-0.39, 0.29) is 30.1 Å². The van der Waals surface area contributed by atoms with Gasteiger partial charge in [0.2, 0.25) is 17.7 Å². The predicted molar refractivity (Wildman–Crippen MR) is 108 cm³/mol. The van der Waals surface area contributed by atoms with Gasteiger partial charge in [-0.15, -0.1) is 0 Å². The van der Waals surface area contributed by atoms with E-state index in [2.05, 4.69) is 5.32 Å². The molecule has 6 heteroatoms. The molecule has 0 aromatic heterocycles. The Morgan fingerprint density at radius 2 is 1.89 bits per heavy atom. The second-order valence-corrected chi connectivity index (χ2v) is 7.53. The van der Waals surface area contributed by atoms with Crippen LogP contribution < -0.4 is 10.2 Å². The molecule has 2 saturated heterocycles. The molecule has 1 unspecified atom stereocenters. The number of hydrogen-bond donors (Lipinski definition) is 1. The molecule has 2 aliphatic heterocycles. The summed E-state index contributed by atoms with van der Waals surface area (Å²) >= 11 is 0. The number of hydrogen-bond acceptors (Lipinski definition) is 3. The molecule has 1 atom stereocenters. The van der Waals surface area contributed by atoms with Crippen LogP contribution in [0.2, 0.25) is 0 Å². The molecule has 0 radical (unpaired) electrons. The van der Waals surface area contributed by atoms with Crippen molar-refractivity contribution in [3.05, 3.63) is 42.5 Å². The fourth-order valence-electron chi connectivity index (χ4n) is 4.13. The van der Waals surface area contributed by atoms with Crippen LogP contribution in [0.5, 0.6) is 0 Å². The molecule has 0 aliphatic carbocycles. The molecule has 0 saturated carbocycles. The number of rotatable bonds is 6. The summed E-state index contributed by atoms with van der Waals surface area (Å²) in [5.74, 6) is -0.221. The first-order valence-corrected chi connectivity index (χ1v) is 9.97. The smallest absolute Gasteiger partial charge is 0.227 e. The number of anilines is 1. The molecule has 6 nitrogen and oxygen atoms in total. The van der Waals surface area contributed by atoms with Gasteiger partial charge >= 0.3 is 0 Å². The Kier molecular flexibility index (Phi) is 5.28. The van der Waals surface area contributed by atoms with Crippen molar-refractivity contribution in [2.45, 2.75) is 25.7 Å². The number of likely N-dealkylation sites (tertiary alicyclic amines) is 1. The topological polar surface area (TPSA) is 69.7 Å². The van der Waals surface area contributed by atoms with Gasteiger partial charge in [-0.1, -0.05) is 36.4 Å². The third-order valence-corrected chi connectivity index (χ3v) is 5.63. The van der Waals surface area contributed by atoms with Crippen LogP contribution in [0.3, 0.4) is 0 Å². The van der Waals surface area contributed by atoms with E-state index >= 15 is 0 Å². The van der Waals surface area contributed by atoms with Crippen LogP contribution in [0.15, 0.2) is 42.5 Å². The molecule has 3 amide bonds. The predicted octanol–water partition coefficient (Wildman–Crippen LogP) is 2.32. The highest BCUT2D eigenvalue weighted by molar-refractivity contribution is 6.06. The molecular formula is C22H25N3O3. The van der Waals surface area contributed by atoms with Crippen molar-refractivity contribution in [3.63, 3.8) is 0 Å². The molecule has 2 aliphatic rings. The highest BCUT2D eigenvalue weighted by Crippen LogP contribution is 2.31. The average Bonchev–Trinajstić information content (AvgIpc) is 3.30. The van der Waals surface area contributed by atoms with Crippen molar-refractivity contribution < 1.29 is 14.4 Å². The molecule has 2 aromatic carbocycles. The summed E-state index contributed by atoms with van der Waals surface area (Å²) in [4.78, 5) is 40.3. The molecule has 28 heavy (non-hydrogen) atoms. The molecule has 4 rings (SSSR count). The van der Waals surface area contributed by atoms with E-state index in [0.717, 1.165) is 35.8 Å². The number of amides is 3. The van der Waals surface area contributed by atoms with E-state index in [1.54, 1.807) is 4.90 Å². The summed E-state index contributed by atoms with van der Waals surface area (Å²) in [6.07, 6.45) is 2.55. The molecule has 146 valence electrons. The third-order valence-electron chi connectivity index (χ3n) is 5.63. The van der Waals surface area contributed by atoms with Crippen LogP contribution in [0.1, 0.15) is 25.7 Å². The summed E-state index contributed by atoms with van der Waals surface area (Å²) in [6, 6.07) is 13.9. The first kappa shape index (κ1) is 18.5. The average molecular weight is 379 g/mol. The van der Waals surface area contributed by atoms with Gasteiger partial charge in [0.25, 0.3) is 0 Å². The van der Waals surface area contributed by atoms with Crippen LogP contribution in [0, 0.1) is 5.92 Å². The van der Waals surface area contributed by atoms with Crippen molar-refractivity contribution in [2.75, 3.05) is 31.1 Å². The monoisotopic (exact) mass is 379 g/mol. The quantitative estimate of drug-likeness (QED) is 0.783. The molecule has 2 aromatic rings. The van der Waals surface area contributed by atoms with E-state index in [0.29, 0.717) is 26.1 Å². The Balaban J connectivity index is 1.34. The highest BCUT2D eigenvalue weighted by atomic mass is 16.2. The van der Waals surface area contributed by atoms with Crippen LogP contribution in [-0.4, -0.2) is 48.8 Å². The van der Waals surface area contributed by atoms with Gasteiger partial charge in [-0.05, 0) is 24.3 Å². The van der Waals surface area contributed by atoms with Crippen molar-refractivity contribution in [2.24, 2.45) is 5.92 Å². The van der Waals surface area contributed by atoms with Gasteiger partial charge in [0.15, 0.2) is 0 Å². The fraction of sp³-hybridized carbons (Fsp3) is 0.409. The Morgan fingerprint density at radius 3 is 2.71 bits per heavy atom. The normalized spacial score (nSPS) is 19.6. The van der Waals surface area contributed by atoms with Gasteiger partial charge in [-0.25, -0.2) is 0 Å². The molecule has 0 bridgehead atoms. The fourth-order valence-corrected chi connectivity index (χ4v) is 4.13. The van der Waals surface area contributed by atoms with E-state index in [1.807, 2.05) is 47.4 Å². The van der Waals surface area contributed by atoms with E-state index in [4.69, 9.17) is 0 Å². The van der Waals surface area contributed by atoms with Crippen molar-refractivity contribution in [3.8, 4) is 0 Å². The van der Waals surface area contributed by atoms with Crippen molar-refractivity contribution in [1.29, 1.82) is 0 Å². The number of carbonyl (C=O) groups excluding carboxylic acids is 3. The van der Waals surface area contributed by atoms with E-state index in [9.17, 15) is 14.4 Å². The maximum atomic E-state index is 12.6. The van der Waals surface area contributed by atoms with Gasteiger partial charge < -0.3 is 15.1 Å². The maximum absolute atomic E-state index is 12.6. The Labute approximate surface area is 164 Å². The first-order chi connectivity index (χ1) is 13.6. The number of nitrogens with zero attached hydrogens (tertiary/aromatic N) is 2. The summed E-state index contributed by atoms with van der Waals surface area (Å²) in [7, 11) is 0. The molecule has 0 spiro atoms. The number of carbonyl (C=O) groups is 3. The maximum Gasteiger partial charge on any atom is 0.227 e. The zero-order valence-corrected chi connectivity index (χ0v) is 15.9. The summed E-state index contributed by atoms with van der Waals surface area (Å²) < 4.78 is 0. The van der Waals surface area contributed by atoms with E-state index < -0.39 is 0 Å². The van der Waals surface area contributed by atoms with Crippen molar-refractivity contribution >= 4 is 34.2 Å². The number of fused-ring (bicyclic) bond motifs is 1. The van der Waals surface area contributed by atoms with Gasteiger partial charge in [0.1, 0.15) is 0 Å². The van der Waals surface area contributed by atoms with Crippen LogP contribution >= 0.6 is 0 Å². The van der Waals surface area contributed by atoms with E-state index in [1.165, 1.54) is 0 Å². The molecule has 1 N–H and O–H groups in total. The van der Waals surface area contributed by atoms with Gasteiger partial charge in [-0.2, -0.15) is 0 Å². The van der Waals surface area contributed by atoms with Crippen LogP contribution in [0.4, 0.5) is 5.69 Å². The first-order valence-electron chi connectivity index (χ1n) is 9.97. The van der Waals surface area contributed by atoms with Crippen molar-refractivity contribution in [1.82, 2.24) is 10.2 Å². The highest BCUT2D eigenvalue weighted by Gasteiger charge is 2.35. The largest absolute Gasteiger partial charge is 0.356 e. The number of nitrogens with one attached hydrogen (secondary N) is 1. The lowest BCUT2D eigenvalue weighted by Gasteiger charge is -2.19. The zero-order valence-electron chi connectivity index (χ0n) is 15.9. The minimum atomic E-state index is -0.333. The number of benzene rings is 2. The summed E-state index contributed by atoms with van der Waals surface area (Å²) in [5, 5.41) is 5.04. The lowest BCUT2D eigenvalue weighted by Crippen LogP contribution is -2.35.